The highest BCUT2D eigenvalue weighted by molar-refractivity contribution is 5.78. The van der Waals surface area contributed by atoms with Gasteiger partial charge in [0.2, 0.25) is 5.91 Å². The fraction of sp³-hybridized carbons (Fsp3) is 0.368. The lowest BCUT2D eigenvalue weighted by molar-refractivity contribution is -0.127. The Balaban J connectivity index is 1.53. The molecule has 2 aromatic rings. The Labute approximate surface area is 142 Å². The van der Waals surface area contributed by atoms with E-state index in [1.807, 2.05) is 30.3 Å². The van der Waals surface area contributed by atoms with Crippen molar-refractivity contribution < 1.29 is 9.53 Å². The van der Waals surface area contributed by atoms with Crippen molar-refractivity contribution in [3.05, 3.63) is 66.0 Å². The second kappa shape index (κ2) is 8.04. The molecule has 0 aliphatic carbocycles. The first kappa shape index (κ1) is 16.6. The largest absolute Gasteiger partial charge is 0.368 e. The molecule has 24 heavy (non-hydrogen) atoms. The molecule has 5 nitrogen and oxygen atoms in total. The van der Waals surface area contributed by atoms with E-state index < -0.39 is 0 Å². The number of pyridine rings is 1. The Morgan fingerprint density at radius 2 is 2.08 bits per heavy atom. The Morgan fingerprint density at radius 1 is 1.25 bits per heavy atom. The number of benzene rings is 1. The number of nitrogens with one attached hydrogen (secondary N) is 1. The molecule has 1 N–H and O–H groups in total. The summed E-state index contributed by atoms with van der Waals surface area (Å²) >= 11 is 0. The monoisotopic (exact) mass is 325 g/mol. The number of ether oxygens (including phenoxy) is 1. The first-order chi connectivity index (χ1) is 11.7. The summed E-state index contributed by atoms with van der Waals surface area (Å²) in [6.45, 7) is 4.44. The molecule has 1 aliphatic heterocycles. The summed E-state index contributed by atoms with van der Waals surface area (Å²) in [4.78, 5) is 18.4. The second-order valence-corrected chi connectivity index (χ2v) is 6.18. The summed E-state index contributed by atoms with van der Waals surface area (Å²) in [6.07, 6.45) is 3.61. The lowest BCUT2D eigenvalue weighted by Gasteiger charge is -2.36. The average molecular weight is 325 g/mol. The predicted octanol–water partition coefficient (Wildman–Crippen LogP) is 2.16. The standard InChI is InChI=1S/C19H23N3O2/c1-15-12-22(13-18(24-15)17-7-3-2-4-8-17)14-19(23)21-11-16-6-5-9-20-10-16/h2-10,15,18H,11-14H2,1H3,(H,21,23). The molecule has 1 aromatic carbocycles. The van der Waals surface area contributed by atoms with E-state index in [1.165, 1.54) is 0 Å². The molecular weight excluding hydrogens is 302 g/mol. The summed E-state index contributed by atoms with van der Waals surface area (Å²) in [5.41, 5.74) is 2.16. The lowest BCUT2D eigenvalue weighted by atomic mass is 10.1. The minimum absolute atomic E-state index is 0.0149. The van der Waals surface area contributed by atoms with Gasteiger partial charge in [-0.25, -0.2) is 0 Å². The van der Waals surface area contributed by atoms with E-state index in [0.29, 0.717) is 13.1 Å². The molecule has 126 valence electrons. The number of morpholine rings is 1. The van der Waals surface area contributed by atoms with Gasteiger partial charge in [-0.05, 0) is 24.1 Å². The number of carbonyl (C=O) groups is 1. The van der Waals surface area contributed by atoms with Crippen molar-refractivity contribution in [1.82, 2.24) is 15.2 Å². The zero-order valence-corrected chi connectivity index (χ0v) is 13.9. The van der Waals surface area contributed by atoms with Crippen LogP contribution in [0.15, 0.2) is 54.9 Å². The maximum Gasteiger partial charge on any atom is 0.234 e. The van der Waals surface area contributed by atoms with E-state index in [2.05, 4.69) is 34.3 Å². The Kier molecular flexibility index (Phi) is 5.56. The van der Waals surface area contributed by atoms with Gasteiger partial charge in [-0.1, -0.05) is 36.4 Å². The van der Waals surface area contributed by atoms with Crippen LogP contribution in [0.4, 0.5) is 0 Å². The quantitative estimate of drug-likeness (QED) is 0.915. The van der Waals surface area contributed by atoms with Gasteiger partial charge in [0.05, 0.1) is 18.8 Å². The van der Waals surface area contributed by atoms with Gasteiger partial charge in [-0.3, -0.25) is 14.7 Å². The summed E-state index contributed by atoms with van der Waals surface area (Å²) in [5.74, 6) is 0.0276. The molecule has 2 atom stereocenters. The fourth-order valence-corrected chi connectivity index (χ4v) is 2.98. The van der Waals surface area contributed by atoms with E-state index in [4.69, 9.17) is 4.74 Å². The molecule has 0 spiro atoms. The predicted molar refractivity (Wildman–Crippen MR) is 92.3 cm³/mol. The van der Waals surface area contributed by atoms with Gasteiger partial charge < -0.3 is 10.1 Å². The van der Waals surface area contributed by atoms with E-state index in [-0.39, 0.29) is 18.1 Å². The number of rotatable bonds is 5. The van der Waals surface area contributed by atoms with E-state index in [1.54, 1.807) is 12.4 Å². The van der Waals surface area contributed by atoms with E-state index in [0.717, 1.165) is 24.2 Å². The molecule has 1 aliphatic rings. The van der Waals surface area contributed by atoms with Crippen LogP contribution in [0.2, 0.25) is 0 Å². The van der Waals surface area contributed by atoms with Gasteiger partial charge in [0.25, 0.3) is 0 Å². The maximum atomic E-state index is 12.2. The van der Waals surface area contributed by atoms with Crippen LogP contribution in [0.3, 0.4) is 0 Å². The van der Waals surface area contributed by atoms with Gasteiger partial charge >= 0.3 is 0 Å². The van der Waals surface area contributed by atoms with Crippen molar-refractivity contribution >= 4 is 5.91 Å². The third-order valence-electron chi connectivity index (χ3n) is 4.09. The molecule has 1 amide bonds. The molecule has 2 heterocycles. The normalized spacial score (nSPS) is 21.4. The number of aromatic nitrogens is 1. The van der Waals surface area contributed by atoms with Gasteiger partial charge in [-0.2, -0.15) is 0 Å². The van der Waals surface area contributed by atoms with Gasteiger partial charge in [0.15, 0.2) is 0 Å². The second-order valence-electron chi connectivity index (χ2n) is 6.18. The minimum atomic E-state index is 0.0149. The summed E-state index contributed by atoms with van der Waals surface area (Å²) in [5, 5.41) is 2.95. The first-order valence-electron chi connectivity index (χ1n) is 8.29. The molecule has 1 fully saturated rings. The summed E-state index contributed by atoms with van der Waals surface area (Å²) in [6, 6.07) is 14.0. The number of nitrogens with zero attached hydrogens (tertiary/aromatic N) is 2. The van der Waals surface area contributed by atoms with Crippen LogP contribution in [0, 0.1) is 0 Å². The van der Waals surface area contributed by atoms with Crippen molar-refractivity contribution in [3.63, 3.8) is 0 Å². The Hall–Kier alpha value is -2.24. The molecule has 1 aromatic heterocycles. The minimum Gasteiger partial charge on any atom is -0.368 e. The van der Waals surface area contributed by atoms with Crippen molar-refractivity contribution in [2.45, 2.75) is 25.7 Å². The smallest absolute Gasteiger partial charge is 0.234 e. The van der Waals surface area contributed by atoms with Crippen LogP contribution in [-0.2, 0) is 16.1 Å². The zero-order valence-electron chi connectivity index (χ0n) is 13.9. The van der Waals surface area contributed by atoms with Crippen LogP contribution in [0.1, 0.15) is 24.2 Å². The fourth-order valence-electron chi connectivity index (χ4n) is 2.98. The third-order valence-corrected chi connectivity index (χ3v) is 4.09. The SMILES string of the molecule is CC1CN(CC(=O)NCc2cccnc2)CC(c2ccccc2)O1. The summed E-state index contributed by atoms with van der Waals surface area (Å²) in [7, 11) is 0. The van der Waals surface area contributed by atoms with Crippen molar-refractivity contribution in [3.8, 4) is 0 Å². The Bertz CT molecular complexity index is 648. The number of amides is 1. The van der Waals surface area contributed by atoms with Crippen LogP contribution in [0.25, 0.3) is 0 Å². The van der Waals surface area contributed by atoms with Gasteiger partial charge in [-0.15, -0.1) is 0 Å². The van der Waals surface area contributed by atoms with Crippen LogP contribution < -0.4 is 5.32 Å². The van der Waals surface area contributed by atoms with Crippen molar-refractivity contribution in [1.29, 1.82) is 0 Å². The first-order valence-corrected chi connectivity index (χ1v) is 8.29. The van der Waals surface area contributed by atoms with Gasteiger partial charge in [0.1, 0.15) is 0 Å². The molecule has 5 heteroatoms. The highest BCUT2D eigenvalue weighted by Crippen LogP contribution is 2.24. The number of carbonyl (C=O) groups excluding carboxylic acids is 1. The molecule has 0 saturated carbocycles. The molecule has 3 rings (SSSR count). The molecule has 1 saturated heterocycles. The third kappa shape index (κ3) is 4.63. The lowest BCUT2D eigenvalue weighted by Crippen LogP contribution is -2.47. The van der Waals surface area contributed by atoms with Gasteiger partial charge in [0, 0.05) is 32.0 Å². The van der Waals surface area contributed by atoms with Crippen molar-refractivity contribution in [2.75, 3.05) is 19.6 Å². The van der Waals surface area contributed by atoms with Crippen LogP contribution in [0.5, 0.6) is 0 Å². The topological polar surface area (TPSA) is 54.5 Å². The molecular formula is C19H23N3O2. The molecule has 2 unspecified atom stereocenters. The number of hydrogen-bond donors (Lipinski definition) is 1. The molecule has 0 radical (unpaired) electrons. The zero-order chi connectivity index (χ0) is 16.8. The van der Waals surface area contributed by atoms with E-state index >= 15 is 0 Å². The van der Waals surface area contributed by atoms with E-state index in [9.17, 15) is 4.79 Å². The van der Waals surface area contributed by atoms with Crippen LogP contribution >= 0.6 is 0 Å². The Morgan fingerprint density at radius 3 is 2.83 bits per heavy atom. The number of hydrogen-bond acceptors (Lipinski definition) is 4. The summed E-state index contributed by atoms with van der Waals surface area (Å²) < 4.78 is 6.03. The van der Waals surface area contributed by atoms with Crippen molar-refractivity contribution in [2.24, 2.45) is 0 Å². The van der Waals surface area contributed by atoms with Crippen LogP contribution in [-0.4, -0.2) is 41.5 Å². The maximum absolute atomic E-state index is 12.2. The average Bonchev–Trinajstić information content (AvgIpc) is 2.61. The highest BCUT2D eigenvalue weighted by atomic mass is 16.5. The molecule has 0 bridgehead atoms. The highest BCUT2D eigenvalue weighted by Gasteiger charge is 2.27.